The molecule has 0 aromatic heterocycles. The van der Waals surface area contributed by atoms with Crippen LogP contribution in [0.5, 0.6) is 0 Å². The van der Waals surface area contributed by atoms with Gasteiger partial charge < -0.3 is 0 Å². The second kappa shape index (κ2) is 1.53. The summed E-state index contributed by atoms with van der Waals surface area (Å²) in [5, 5.41) is 9.70. The van der Waals surface area contributed by atoms with Gasteiger partial charge in [-0.1, -0.05) is 0 Å². The average molecular weight is 147 g/mol. The summed E-state index contributed by atoms with van der Waals surface area (Å²) in [7, 11) is -1.16. The first-order valence-corrected chi connectivity index (χ1v) is 4.18. The Labute approximate surface area is 44.0 Å². The topological polar surface area (TPSA) is 41.5 Å². The van der Waals surface area contributed by atoms with Gasteiger partial charge in [0.1, 0.15) is 0 Å². The Morgan fingerprint density at radius 1 is 1.67 bits per heavy atom. The van der Waals surface area contributed by atoms with E-state index >= 15 is 0 Å². The summed E-state index contributed by atoms with van der Waals surface area (Å²) >= 11 is 0.494. The van der Waals surface area contributed by atoms with Crippen LogP contribution in [0.1, 0.15) is 0 Å². The maximum atomic E-state index is 9.78. The van der Waals surface area contributed by atoms with Crippen molar-refractivity contribution < 1.29 is 14.3 Å². The number of hydrogen-bond donors (Lipinski definition) is 0. The predicted octanol–water partition coefficient (Wildman–Crippen LogP) is -2.97. The fourth-order valence-electron chi connectivity index (χ4n) is 0.323. The van der Waals surface area contributed by atoms with Crippen LogP contribution in [0.4, 0.5) is 0 Å². The van der Waals surface area contributed by atoms with Gasteiger partial charge in [-0.05, 0) is 0 Å². The zero-order valence-corrected chi connectivity index (χ0v) is 7.58. The summed E-state index contributed by atoms with van der Waals surface area (Å²) in [5.74, 6) is 0. The molecule has 34 valence electrons. The molecule has 5 heteroatoms. The quantitative estimate of drug-likeness (QED) is 0.344. The average Bonchev–Trinajstić information content (AvgIpc) is 1.33. The molecule has 0 radical (unpaired) electrons. The summed E-state index contributed by atoms with van der Waals surface area (Å²) in [6.45, 7) is 0. The van der Waals surface area contributed by atoms with E-state index in [2.05, 4.69) is 9.31 Å². The molecule has 0 unspecified atom stereocenters. The summed E-state index contributed by atoms with van der Waals surface area (Å²) in [6.07, 6.45) is 0. The van der Waals surface area contributed by atoms with Crippen molar-refractivity contribution in [1.82, 2.24) is 0 Å². The van der Waals surface area contributed by atoms with Crippen LogP contribution in [-0.4, -0.2) is 29.0 Å². The third-order valence-corrected chi connectivity index (χ3v) is 1.75. The van der Waals surface area contributed by atoms with Crippen LogP contribution in [-0.2, 0) is 9.31 Å². The van der Waals surface area contributed by atoms with Crippen LogP contribution in [0, 0.1) is 0 Å². The van der Waals surface area contributed by atoms with Crippen molar-refractivity contribution in [2.24, 2.45) is 0 Å². The maximum absolute atomic E-state index is 9.78. The summed E-state index contributed by atoms with van der Waals surface area (Å²) in [4.78, 5) is 0. The van der Waals surface area contributed by atoms with Crippen molar-refractivity contribution in [2.75, 3.05) is 0 Å². The second-order valence-corrected chi connectivity index (χ2v) is 3.11. The van der Waals surface area contributed by atoms with E-state index in [-0.39, 0.29) is 5.12 Å². The van der Waals surface area contributed by atoms with Gasteiger partial charge in [0, 0.05) is 0 Å². The first-order valence-electron chi connectivity index (χ1n) is 1.76. The van der Waals surface area contributed by atoms with Gasteiger partial charge in [0.05, 0.1) is 0 Å². The van der Waals surface area contributed by atoms with Gasteiger partial charge in [-0.2, -0.15) is 0 Å². The van der Waals surface area contributed by atoms with Crippen LogP contribution in [0.25, 0.3) is 0 Å². The Morgan fingerprint density at radius 3 is 2.17 bits per heavy atom. The van der Waals surface area contributed by atoms with Crippen molar-refractivity contribution in [3.05, 3.63) is 0 Å². The van der Waals surface area contributed by atoms with Gasteiger partial charge in [0.15, 0.2) is 0 Å². The summed E-state index contributed by atoms with van der Waals surface area (Å²) in [6, 6.07) is 0. The Hall–Kier alpha value is 0.488. The number of rotatable bonds is 0. The molecule has 0 aliphatic carbocycles. The molecule has 1 aliphatic heterocycles. The van der Waals surface area contributed by atoms with Crippen molar-refractivity contribution in [1.29, 1.82) is 0 Å². The molecule has 0 atom stereocenters. The van der Waals surface area contributed by atoms with Crippen molar-refractivity contribution in [2.45, 2.75) is 5.12 Å². The molecule has 1 rings (SSSR count). The first-order chi connectivity index (χ1) is 2.79. The zero-order chi connectivity index (χ0) is 4.57. The first kappa shape index (κ1) is 4.64. The Kier molecular flexibility index (Phi) is 1.19. The Balaban J connectivity index is 2.11. The zero-order valence-electron chi connectivity index (χ0n) is 3.38. The van der Waals surface area contributed by atoms with Gasteiger partial charge in [-0.15, -0.1) is 0 Å². The van der Waals surface area contributed by atoms with Crippen molar-refractivity contribution in [3.63, 3.8) is 0 Å². The van der Waals surface area contributed by atoms with E-state index in [1.54, 1.807) is 0 Å². The molecule has 0 amide bonds. The van der Waals surface area contributed by atoms with E-state index < -0.39 is 7.32 Å². The van der Waals surface area contributed by atoms with E-state index in [4.69, 9.17) is 0 Å². The minimum absolute atomic E-state index is 0.0833. The Bertz CT molecular complexity index is 46.8. The molecule has 6 heavy (non-hydrogen) atoms. The predicted molar refractivity (Wildman–Crippen MR) is 21.7 cm³/mol. The van der Waals surface area contributed by atoms with E-state index in [1.165, 1.54) is 0 Å². The molecule has 0 spiro atoms. The monoisotopic (exact) mass is 149 g/mol. The molecule has 0 N–H and O–H groups in total. The van der Waals surface area contributed by atoms with Gasteiger partial charge in [-0.3, -0.25) is 0 Å². The van der Waals surface area contributed by atoms with Gasteiger partial charge >= 0.3 is 43.3 Å². The van der Waals surface area contributed by atoms with Gasteiger partial charge in [0.2, 0.25) is 0 Å². The van der Waals surface area contributed by atoms with Crippen LogP contribution in [0.2, 0.25) is 0 Å². The molecular formula is CH4BGeO3-. The third-order valence-electron chi connectivity index (χ3n) is 0.605. The molecule has 1 aliphatic rings. The van der Waals surface area contributed by atoms with Gasteiger partial charge in [0.25, 0.3) is 0 Å². The third kappa shape index (κ3) is 0.758. The molecule has 1 fully saturated rings. The molecule has 0 aromatic rings. The fourth-order valence-corrected chi connectivity index (χ4v) is 1.26. The van der Waals surface area contributed by atoms with Crippen LogP contribution >= 0.6 is 0 Å². The number of hydrogen-bond acceptors (Lipinski definition) is 3. The van der Waals surface area contributed by atoms with E-state index in [1.807, 2.05) is 0 Å². The SMILES string of the molecule is [O-]B1O[CH]([GeH3])O1. The normalized spacial score (nSPS) is 24.5. The molecule has 1 saturated heterocycles. The second-order valence-electron chi connectivity index (χ2n) is 1.13. The van der Waals surface area contributed by atoms with E-state index in [9.17, 15) is 5.02 Å². The van der Waals surface area contributed by atoms with Crippen LogP contribution in [0.3, 0.4) is 0 Å². The van der Waals surface area contributed by atoms with E-state index in [0.29, 0.717) is 16.5 Å². The minimum atomic E-state index is -1.16. The Morgan fingerprint density at radius 2 is 2.17 bits per heavy atom. The molecule has 0 aromatic carbocycles. The molecule has 0 saturated carbocycles. The van der Waals surface area contributed by atoms with E-state index in [0.717, 1.165) is 0 Å². The van der Waals surface area contributed by atoms with Crippen molar-refractivity contribution >= 4 is 23.8 Å². The van der Waals surface area contributed by atoms with Crippen LogP contribution < -0.4 is 5.02 Å². The van der Waals surface area contributed by atoms with Crippen LogP contribution in [0.15, 0.2) is 0 Å². The summed E-state index contributed by atoms with van der Waals surface area (Å²) < 4.78 is 8.89. The molecule has 0 bridgehead atoms. The summed E-state index contributed by atoms with van der Waals surface area (Å²) in [5.41, 5.74) is 0. The van der Waals surface area contributed by atoms with Gasteiger partial charge in [-0.25, -0.2) is 0 Å². The van der Waals surface area contributed by atoms with Crippen molar-refractivity contribution in [3.8, 4) is 0 Å². The molecule has 3 nitrogen and oxygen atoms in total. The standard InChI is InChI=1S/CH4BGeO3/c3-1-5-2(4)6-1/h1H,3H3/q-1. The molecule has 1 heterocycles. The fraction of sp³-hybridized carbons (Fsp3) is 1.00. The molecular weight excluding hydrogens is 143 g/mol.